The van der Waals surface area contributed by atoms with Gasteiger partial charge in [-0.05, 0) is 0 Å². The van der Waals surface area contributed by atoms with Crippen LogP contribution in [-0.4, -0.2) is 8.32 Å². The topological polar surface area (TPSA) is 242 Å². The molecular weight excluding hydrogens is 478 g/mol. The van der Waals surface area contributed by atoms with Crippen LogP contribution in [0.3, 0.4) is 0 Å². The van der Waals surface area contributed by atoms with E-state index in [0.29, 0.717) is 0 Å². The zero-order chi connectivity index (χ0) is 15.4. The third-order valence-corrected chi connectivity index (χ3v) is 5.76. The van der Waals surface area contributed by atoms with E-state index in [1.165, 1.54) is 0 Å². The molecule has 0 aromatic rings. The Bertz CT molecular complexity index is 535. The van der Waals surface area contributed by atoms with E-state index in [2.05, 4.69) is 5.68 Å². The van der Waals surface area contributed by atoms with Crippen molar-refractivity contribution in [3.63, 3.8) is 0 Å². The monoisotopic (exact) mass is 480 g/mol. The van der Waals surface area contributed by atoms with Gasteiger partial charge in [-0.25, -0.2) is 0 Å². The van der Waals surface area contributed by atoms with Crippen molar-refractivity contribution in [2.45, 2.75) is 0 Å². The predicted octanol–water partition coefficient (Wildman–Crippen LogP) is -10.6. The van der Waals surface area contributed by atoms with E-state index < -0.39 is 54.5 Å². The minimum atomic E-state index is -6.07. The second-order valence-corrected chi connectivity index (χ2v) is 9.21. The Morgan fingerprint density at radius 3 is 0.800 bits per heavy atom. The van der Waals surface area contributed by atoms with Crippen LogP contribution in [0.15, 0.2) is 0 Å². The molecule has 0 saturated carbocycles. The molecule has 0 spiro atoms. The summed E-state index contributed by atoms with van der Waals surface area (Å²) in [7, 11) is 0. The number of rotatable bonds is 4. The molecular formula is H2Cr4Na2O14. The molecule has 0 saturated heterocycles. The van der Waals surface area contributed by atoms with E-state index in [4.69, 9.17) is 8.32 Å². The van der Waals surface area contributed by atoms with E-state index in [1.54, 1.807) is 0 Å². The van der Waals surface area contributed by atoms with Crippen LogP contribution in [0.1, 0.15) is 0 Å². The van der Waals surface area contributed by atoms with Crippen LogP contribution >= 0.6 is 0 Å². The summed E-state index contributed by atoms with van der Waals surface area (Å²) in [6, 6.07) is 0. The summed E-state index contributed by atoms with van der Waals surface area (Å²) in [6.07, 6.45) is 0. The molecule has 0 atom stereocenters. The van der Waals surface area contributed by atoms with Crippen molar-refractivity contribution in [1.29, 1.82) is 0 Å². The van der Waals surface area contributed by atoms with Crippen molar-refractivity contribution in [3.05, 3.63) is 0 Å². The van der Waals surface area contributed by atoms with Crippen LogP contribution in [0.5, 0.6) is 0 Å². The van der Waals surface area contributed by atoms with Gasteiger partial charge in [-0.1, -0.05) is 0 Å². The molecule has 0 aliphatic heterocycles. The molecule has 20 heavy (non-hydrogen) atoms. The molecule has 0 aliphatic carbocycles. The standard InChI is InChI=1S/4Cr.2Na.2H2O.12O/h;;;;;;2*1H2;;;;;;;;;;;;/q;;4*+1;;;;;;;;;;;;;2*-1/p-2. The zero-order valence-electron chi connectivity index (χ0n) is 9.43. The van der Waals surface area contributed by atoms with Gasteiger partial charge in [0.15, 0.2) is 0 Å². The quantitative estimate of drug-likeness (QED) is 0.355. The molecule has 0 fully saturated rings. The Hall–Kier alpha value is 2.29. The summed E-state index contributed by atoms with van der Waals surface area (Å²) < 4.78 is 115. The van der Waals surface area contributed by atoms with Crippen molar-refractivity contribution in [3.8, 4) is 0 Å². The Morgan fingerprint density at radius 2 is 0.800 bits per heavy atom. The predicted molar refractivity (Wildman–Crippen MR) is 12.1 cm³/mol. The van der Waals surface area contributed by atoms with E-state index in [0.717, 1.165) is 0 Å². The van der Waals surface area contributed by atoms with Gasteiger partial charge in [-0.15, -0.1) is 0 Å². The first-order valence-electron chi connectivity index (χ1n) is 2.70. The second kappa shape index (κ2) is 11.0. The van der Waals surface area contributed by atoms with Gasteiger partial charge in [0.05, 0.1) is 0 Å². The molecule has 0 bridgehead atoms. The van der Waals surface area contributed by atoms with E-state index in [9.17, 15) is 38.7 Å². The molecule has 0 aromatic carbocycles. The van der Waals surface area contributed by atoms with Crippen molar-refractivity contribution < 1.29 is 166 Å². The van der Waals surface area contributed by atoms with Crippen molar-refractivity contribution in [1.82, 2.24) is 0 Å². The SMILES string of the molecule is [Na+].[Na+].[O]=[Cr](=[O])([O-])[O][Cr](=[O])(=[O])[O-].[O]=[Cr](=[O])([OH])[O][Cr](=[O])(=[O])[OH]. The zero-order valence-corrected chi connectivity index (χ0v) is 18.5. The summed E-state index contributed by atoms with van der Waals surface area (Å²) in [5, 5.41) is 0. The summed E-state index contributed by atoms with van der Waals surface area (Å²) in [6.45, 7) is 0. The second-order valence-electron chi connectivity index (χ2n) is 1.81. The van der Waals surface area contributed by atoms with E-state index >= 15 is 0 Å². The molecule has 0 radical (unpaired) electrons. The van der Waals surface area contributed by atoms with Crippen molar-refractivity contribution in [2.24, 2.45) is 0 Å². The first-order valence-corrected chi connectivity index (χ1v) is 11.1. The van der Waals surface area contributed by atoms with Crippen LogP contribution in [0.4, 0.5) is 0 Å². The summed E-state index contributed by atoms with van der Waals surface area (Å²) in [5.74, 6) is 0. The Balaban J connectivity index is -0.000000116. The Labute approximate surface area is 164 Å². The molecule has 0 aromatic heterocycles. The van der Waals surface area contributed by atoms with Gasteiger partial charge in [0.25, 0.3) is 0 Å². The molecule has 20 heteroatoms. The van der Waals surface area contributed by atoms with Gasteiger partial charge in [0.1, 0.15) is 0 Å². The fraction of sp³-hybridized carbons (Fsp3) is 0. The Kier molecular flexibility index (Phi) is 16.5. The van der Waals surface area contributed by atoms with Crippen LogP contribution in [0, 0.1) is 0 Å². The van der Waals surface area contributed by atoms with Crippen LogP contribution in [-0.2, 0) is 90.6 Å². The maximum atomic E-state index is 9.53. The fourth-order valence-corrected chi connectivity index (χ4v) is 3.58. The van der Waals surface area contributed by atoms with Gasteiger partial charge in [-0.2, -0.15) is 0 Å². The minimum absolute atomic E-state index is 0. The average Bonchev–Trinajstić information content (AvgIpc) is 1.64. The molecule has 0 rings (SSSR count). The van der Waals surface area contributed by atoms with Crippen LogP contribution < -0.4 is 67.4 Å². The van der Waals surface area contributed by atoms with Crippen LogP contribution in [0.2, 0.25) is 0 Å². The number of hydrogen-bond donors (Lipinski definition) is 2. The molecule has 0 heterocycles. The van der Waals surface area contributed by atoms with Gasteiger partial charge < -0.3 is 0 Å². The van der Waals surface area contributed by atoms with Gasteiger partial charge in [0.2, 0.25) is 0 Å². The third kappa shape index (κ3) is 37.0. The molecule has 0 aliphatic rings. The first kappa shape index (κ1) is 30.2. The van der Waals surface area contributed by atoms with Crippen molar-refractivity contribution in [2.75, 3.05) is 0 Å². The summed E-state index contributed by atoms with van der Waals surface area (Å²) >= 11 is -23.7. The third-order valence-electron chi connectivity index (χ3n) is 0.339. The molecule has 14 nitrogen and oxygen atoms in total. The van der Waals surface area contributed by atoms with E-state index in [-0.39, 0.29) is 59.1 Å². The molecule has 2 N–H and O–H groups in total. The normalized spacial score (nSPS) is 12.2. The average molecular weight is 480 g/mol. The first-order chi connectivity index (χ1) is 7.41. The molecule has 112 valence electrons. The molecule has 0 amide bonds. The van der Waals surface area contributed by atoms with Crippen molar-refractivity contribution >= 4 is 0 Å². The van der Waals surface area contributed by atoms with Gasteiger partial charge in [0, 0.05) is 0 Å². The van der Waals surface area contributed by atoms with Gasteiger partial charge >= 0.3 is 166 Å². The summed E-state index contributed by atoms with van der Waals surface area (Å²) in [5.41, 5.74) is 0. The van der Waals surface area contributed by atoms with Crippen LogP contribution in [0.25, 0.3) is 0 Å². The Morgan fingerprint density at radius 1 is 0.600 bits per heavy atom. The fourth-order valence-electron chi connectivity index (χ4n) is 0.211. The number of hydrogen-bond acceptors (Lipinski definition) is 12. The summed E-state index contributed by atoms with van der Waals surface area (Å²) in [4.78, 5) is 0. The van der Waals surface area contributed by atoms with E-state index in [1.807, 2.05) is 0 Å². The van der Waals surface area contributed by atoms with Gasteiger partial charge in [-0.3, -0.25) is 0 Å². The molecule has 0 unspecified atom stereocenters. The maximum absolute atomic E-state index is 9.53.